The van der Waals surface area contributed by atoms with E-state index in [-0.39, 0.29) is 11.8 Å². The number of rotatable bonds is 4. The number of thioether (sulfide) groups is 1. The molecule has 0 radical (unpaired) electrons. The summed E-state index contributed by atoms with van der Waals surface area (Å²) < 4.78 is 0. The molecule has 1 aromatic carbocycles. The van der Waals surface area contributed by atoms with E-state index >= 15 is 0 Å². The van der Waals surface area contributed by atoms with Gasteiger partial charge < -0.3 is 10.2 Å². The minimum atomic E-state index is -0.105. The number of nitrogens with zero attached hydrogens (tertiary/aromatic N) is 1. The van der Waals surface area contributed by atoms with E-state index in [0.717, 1.165) is 34.8 Å². The van der Waals surface area contributed by atoms with Crippen LogP contribution in [0.15, 0.2) is 40.6 Å². The Morgan fingerprint density at radius 2 is 2.17 bits per heavy atom. The SMILES string of the molecule is CSc1ccsc1C(=O)Nc1cccc(N2CCCCC2=O)c1. The van der Waals surface area contributed by atoms with Crippen molar-refractivity contribution in [1.29, 1.82) is 0 Å². The molecule has 0 aliphatic carbocycles. The topological polar surface area (TPSA) is 49.4 Å². The van der Waals surface area contributed by atoms with Gasteiger partial charge in [0.05, 0.1) is 0 Å². The zero-order chi connectivity index (χ0) is 16.2. The van der Waals surface area contributed by atoms with E-state index in [4.69, 9.17) is 0 Å². The van der Waals surface area contributed by atoms with Gasteiger partial charge in [0, 0.05) is 29.2 Å². The molecule has 0 atom stereocenters. The molecular formula is C17H18N2O2S2. The van der Waals surface area contributed by atoms with E-state index in [9.17, 15) is 9.59 Å². The molecule has 0 spiro atoms. The maximum atomic E-state index is 12.4. The van der Waals surface area contributed by atoms with Gasteiger partial charge in [0.25, 0.3) is 5.91 Å². The number of anilines is 2. The molecular weight excluding hydrogens is 328 g/mol. The van der Waals surface area contributed by atoms with Crippen LogP contribution in [-0.4, -0.2) is 24.6 Å². The lowest BCUT2D eigenvalue weighted by Crippen LogP contribution is -2.35. The fourth-order valence-electron chi connectivity index (χ4n) is 2.64. The van der Waals surface area contributed by atoms with E-state index in [0.29, 0.717) is 12.1 Å². The second-order valence-corrected chi connectivity index (χ2v) is 7.09. The van der Waals surface area contributed by atoms with Gasteiger partial charge in [-0.2, -0.15) is 0 Å². The zero-order valence-corrected chi connectivity index (χ0v) is 14.5. The van der Waals surface area contributed by atoms with Crippen LogP contribution in [0.5, 0.6) is 0 Å². The van der Waals surface area contributed by atoms with Crippen LogP contribution in [0.25, 0.3) is 0 Å². The number of thiophene rings is 1. The normalized spacial score (nSPS) is 14.8. The van der Waals surface area contributed by atoms with Gasteiger partial charge in [0.15, 0.2) is 0 Å². The van der Waals surface area contributed by atoms with Crippen LogP contribution < -0.4 is 10.2 Å². The van der Waals surface area contributed by atoms with E-state index in [1.807, 2.05) is 42.0 Å². The molecule has 1 fully saturated rings. The van der Waals surface area contributed by atoms with Crippen molar-refractivity contribution >= 4 is 46.3 Å². The van der Waals surface area contributed by atoms with Gasteiger partial charge in [-0.15, -0.1) is 23.1 Å². The Labute approximate surface area is 143 Å². The predicted octanol–water partition coefficient (Wildman–Crippen LogP) is 4.24. The first-order chi connectivity index (χ1) is 11.2. The minimum Gasteiger partial charge on any atom is -0.321 e. The molecule has 0 bridgehead atoms. The average molecular weight is 346 g/mol. The summed E-state index contributed by atoms with van der Waals surface area (Å²) in [7, 11) is 0. The molecule has 120 valence electrons. The summed E-state index contributed by atoms with van der Waals surface area (Å²) in [5.41, 5.74) is 1.56. The third-order valence-electron chi connectivity index (χ3n) is 3.79. The van der Waals surface area contributed by atoms with Gasteiger partial charge in [-0.1, -0.05) is 6.07 Å². The van der Waals surface area contributed by atoms with Crippen LogP contribution in [-0.2, 0) is 4.79 Å². The van der Waals surface area contributed by atoms with Crippen molar-refractivity contribution in [1.82, 2.24) is 0 Å². The van der Waals surface area contributed by atoms with Crippen LogP contribution in [0.2, 0.25) is 0 Å². The van der Waals surface area contributed by atoms with Crippen LogP contribution in [0.3, 0.4) is 0 Å². The van der Waals surface area contributed by atoms with E-state index in [1.165, 1.54) is 11.3 Å². The molecule has 23 heavy (non-hydrogen) atoms. The Morgan fingerprint density at radius 1 is 1.30 bits per heavy atom. The van der Waals surface area contributed by atoms with Gasteiger partial charge >= 0.3 is 0 Å². The fraction of sp³-hybridized carbons (Fsp3) is 0.294. The van der Waals surface area contributed by atoms with Crippen molar-refractivity contribution < 1.29 is 9.59 Å². The van der Waals surface area contributed by atoms with E-state index in [2.05, 4.69) is 5.32 Å². The fourth-order valence-corrected chi connectivity index (χ4v) is 4.29. The third-order valence-corrected chi connectivity index (χ3v) is 5.62. The molecule has 1 saturated heterocycles. The number of hydrogen-bond donors (Lipinski definition) is 1. The molecule has 4 nitrogen and oxygen atoms in total. The van der Waals surface area contributed by atoms with Crippen molar-refractivity contribution in [2.75, 3.05) is 23.0 Å². The second-order valence-electron chi connectivity index (χ2n) is 5.33. The van der Waals surface area contributed by atoms with Crippen molar-refractivity contribution in [3.8, 4) is 0 Å². The lowest BCUT2D eigenvalue weighted by atomic mass is 10.1. The Morgan fingerprint density at radius 3 is 2.96 bits per heavy atom. The molecule has 1 aromatic heterocycles. The van der Waals surface area contributed by atoms with Gasteiger partial charge in [0.1, 0.15) is 4.88 Å². The second kappa shape index (κ2) is 7.19. The molecule has 6 heteroatoms. The maximum Gasteiger partial charge on any atom is 0.266 e. The quantitative estimate of drug-likeness (QED) is 0.843. The lowest BCUT2D eigenvalue weighted by molar-refractivity contribution is -0.119. The van der Waals surface area contributed by atoms with E-state index < -0.39 is 0 Å². The Balaban J connectivity index is 1.77. The van der Waals surface area contributed by atoms with Crippen molar-refractivity contribution in [3.05, 3.63) is 40.6 Å². The monoisotopic (exact) mass is 346 g/mol. The summed E-state index contributed by atoms with van der Waals surface area (Å²) in [6.45, 7) is 0.748. The van der Waals surface area contributed by atoms with Crippen molar-refractivity contribution in [3.63, 3.8) is 0 Å². The molecule has 1 N–H and O–H groups in total. The molecule has 3 rings (SSSR count). The number of piperidine rings is 1. The van der Waals surface area contributed by atoms with Crippen LogP contribution in [0.1, 0.15) is 28.9 Å². The standard InChI is InChI=1S/C17H18N2O2S2/c1-22-14-8-10-23-16(14)17(21)18-12-5-4-6-13(11-12)19-9-3-2-7-15(19)20/h4-6,8,10-11H,2-3,7,9H2,1H3,(H,18,21). The predicted molar refractivity (Wildman–Crippen MR) is 96.7 cm³/mol. The summed E-state index contributed by atoms with van der Waals surface area (Å²) in [6, 6.07) is 9.46. The summed E-state index contributed by atoms with van der Waals surface area (Å²) in [5, 5.41) is 4.85. The van der Waals surface area contributed by atoms with Crippen molar-refractivity contribution in [2.24, 2.45) is 0 Å². The largest absolute Gasteiger partial charge is 0.321 e. The Hall–Kier alpha value is -1.79. The first-order valence-electron chi connectivity index (χ1n) is 7.52. The van der Waals surface area contributed by atoms with Gasteiger partial charge in [-0.05, 0) is 48.7 Å². The zero-order valence-electron chi connectivity index (χ0n) is 12.9. The smallest absolute Gasteiger partial charge is 0.266 e. The Bertz CT molecular complexity index is 727. The summed E-state index contributed by atoms with van der Waals surface area (Å²) in [4.78, 5) is 28.0. The van der Waals surface area contributed by atoms with Gasteiger partial charge in [-0.3, -0.25) is 9.59 Å². The minimum absolute atomic E-state index is 0.105. The summed E-state index contributed by atoms with van der Waals surface area (Å²) >= 11 is 3.00. The highest BCUT2D eigenvalue weighted by Gasteiger charge is 2.20. The van der Waals surface area contributed by atoms with Crippen LogP contribution in [0, 0.1) is 0 Å². The molecule has 1 aliphatic rings. The molecule has 1 aliphatic heterocycles. The lowest BCUT2D eigenvalue weighted by Gasteiger charge is -2.27. The molecule has 0 unspecified atom stereocenters. The number of benzene rings is 1. The maximum absolute atomic E-state index is 12.4. The first-order valence-corrected chi connectivity index (χ1v) is 9.63. The third kappa shape index (κ3) is 3.59. The average Bonchev–Trinajstić information content (AvgIpc) is 3.04. The molecule has 2 aromatic rings. The highest BCUT2D eigenvalue weighted by molar-refractivity contribution is 7.98. The number of hydrogen-bond acceptors (Lipinski definition) is 4. The number of carbonyl (C=O) groups excluding carboxylic acids is 2. The number of amides is 2. The summed E-state index contributed by atoms with van der Waals surface area (Å²) in [5.74, 6) is 0.0501. The summed E-state index contributed by atoms with van der Waals surface area (Å²) in [6.07, 6.45) is 4.54. The highest BCUT2D eigenvalue weighted by Crippen LogP contribution is 2.28. The van der Waals surface area contributed by atoms with E-state index in [1.54, 1.807) is 16.7 Å². The highest BCUT2D eigenvalue weighted by atomic mass is 32.2. The molecule has 2 heterocycles. The first kappa shape index (κ1) is 16.1. The molecule has 2 amide bonds. The van der Waals surface area contributed by atoms with Crippen LogP contribution >= 0.6 is 23.1 Å². The van der Waals surface area contributed by atoms with Crippen molar-refractivity contribution in [2.45, 2.75) is 24.2 Å². The molecule has 0 saturated carbocycles. The van der Waals surface area contributed by atoms with Gasteiger partial charge in [0.2, 0.25) is 5.91 Å². The van der Waals surface area contributed by atoms with Gasteiger partial charge in [-0.25, -0.2) is 0 Å². The number of nitrogens with one attached hydrogen (secondary N) is 1. The van der Waals surface area contributed by atoms with Crippen LogP contribution in [0.4, 0.5) is 11.4 Å². The number of carbonyl (C=O) groups is 2. The Kier molecular flexibility index (Phi) is 5.03.